The summed E-state index contributed by atoms with van der Waals surface area (Å²) in [6, 6.07) is 6.85. The Morgan fingerprint density at radius 2 is 2.17 bits per heavy atom. The molecule has 0 saturated carbocycles. The highest BCUT2D eigenvalue weighted by atomic mass is 79.9. The van der Waals surface area contributed by atoms with E-state index in [0.29, 0.717) is 16.6 Å². The van der Waals surface area contributed by atoms with E-state index in [9.17, 15) is 4.79 Å². The number of benzene rings is 1. The molecule has 0 aliphatic carbocycles. The highest BCUT2D eigenvalue weighted by Gasteiger charge is 2.06. The molecule has 0 fully saturated rings. The Morgan fingerprint density at radius 1 is 1.44 bits per heavy atom. The average Bonchev–Trinajstić information content (AvgIpc) is 2.74. The van der Waals surface area contributed by atoms with E-state index in [4.69, 9.17) is 10.5 Å². The topological polar surface area (TPSA) is 77.2 Å². The summed E-state index contributed by atoms with van der Waals surface area (Å²) in [4.78, 5) is 15.5. The molecular weight excluding hydrogens is 318 g/mol. The fraction of sp³-hybridized carbons (Fsp3) is 0.0909. The lowest BCUT2D eigenvalue weighted by Gasteiger charge is -2.05. The smallest absolute Gasteiger partial charge is 0.264 e. The van der Waals surface area contributed by atoms with Crippen LogP contribution in [0.5, 0.6) is 5.75 Å². The number of nitrogens with zero attached hydrogens (tertiary/aromatic N) is 1. The second-order valence-electron chi connectivity index (χ2n) is 3.38. The summed E-state index contributed by atoms with van der Waals surface area (Å²) < 4.78 is 6.16. The van der Waals surface area contributed by atoms with E-state index >= 15 is 0 Å². The third-order valence-electron chi connectivity index (χ3n) is 1.97. The zero-order valence-corrected chi connectivity index (χ0v) is 11.6. The van der Waals surface area contributed by atoms with Crippen LogP contribution in [-0.2, 0) is 4.79 Å². The summed E-state index contributed by atoms with van der Waals surface area (Å²) in [5.41, 5.74) is 6.19. The predicted molar refractivity (Wildman–Crippen MR) is 74.8 cm³/mol. The minimum Gasteiger partial charge on any atom is -0.484 e. The van der Waals surface area contributed by atoms with Crippen molar-refractivity contribution in [1.82, 2.24) is 4.98 Å². The molecule has 0 radical (unpaired) electrons. The van der Waals surface area contributed by atoms with E-state index < -0.39 is 0 Å². The van der Waals surface area contributed by atoms with Crippen LogP contribution in [0.3, 0.4) is 0 Å². The van der Waals surface area contributed by atoms with Crippen molar-refractivity contribution in [3.8, 4) is 5.75 Å². The number of nitrogens with one attached hydrogen (secondary N) is 1. The number of rotatable bonds is 4. The highest BCUT2D eigenvalue weighted by molar-refractivity contribution is 9.11. The van der Waals surface area contributed by atoms with Gasteiger partial charge in [0.1, 0.15) is 5.75 Å². The number of carbonyl (C=O) groups excluding carboxylic acids is 1. The van der Waals surface area contributed by atoms with Gasteiger partial charge in [-0.3, -0.25) is 10.1 Å². The van der Waals surface area contributed by atoms with Crippen molar-refractivity contribution < 1.29 is 9.53 Å². The molecule has 2 aromatic rings. The van der Waals surface area contributed by atoms with Crippen LogP contribution in [0, 0.1) is 0 Å². The van der Waals surface area contributed by atoms with Gasteiger partial charge in [0.15, 0.2) is 11.7 Å². The number of carbonyl (C=O) groups is 1. The van der Waals surface area contributed by atoms with Crippen molar-refractivity contribution in [3.63, 3.8) is 0 Å². The first-order valence-corrected chi connectivity index (χ1v) is 6.64. The predicted octanol–water partition coefficient (Wildman–Crippen LogP) is 2.51. The van der Waals surface area contributed by atoms with Gasteiger partial charge in [-0.05, 0) is 40.2 Å². The number of aromatic nitrogens is 1. The standard InChI is InChI=1S/C11H10BrN3O2S/c12-9-5-14-11(18-9)15-10(16)6-17-8-3-1-7(13)2-4-8/h1-5H,6,13H2,(H,14,15,16). The Labute approximate surface area is 116 Å². The quantitative estimate of drug-likeness (QED) is 0.846. The summed E-state index contributed by atoms with van der Waals surface area (Å²) in [6.45, 7) is -0.0683. The molecule has 7 heteroatoms. The number of hydrogen-bond acceptors (Lipinski definition) is 5. The van der Waals surface area contributed by atoms with E-state index in [0.717, 1.165) is 3.79 Å². The van der Waals surface area contributed by atoms with Crippen LogP contribution in [0.25, 0.3) is 0 Å². The number of anilines is 2. The molecule has 3 N–H and O–H groups in total. The average molecular weight is 328 g/mol. The maximum atomic E-state index is 11.6. The molecule has 5 nitrogen and oxygen atoms in total. The first-order valence-electron chi connectivity index (χ1n) is 5.03. The number of thiazole rings is 1. The minimum atomic E-state index is -0.256. The fourth-order valence-electron chi connectivity index (χ4n) is 1.18. The second-order valence-corrected chi connectivity index (χ2v) is 5.79. The molecule has 2 rings (SSSR count). The Hall–Kier alpha value is -1.60. The first kappa shape index (κ1) is 12.8. The molecule has 0 spiro atoms. The van der Waals surface area contributed by atoms with Gasteiger partial charge in [-0.15, -0.1) is 0 Å². The molecule has 94 valence electrons. The molecule has 1 heterocycles. The number of halogens is 1. The van der Waals surface area contributed by atoms with E-state index in [1.165, 1.54) is 11.3 Å². The Morgan fingerprint density at radius 3 is 2.78 bits per heavy atom. The summed E-state index contributed by atoms with van der Waals surface area (Å²) >= 11 is 4.61. The zero-order valence-electron chi connectivity index (χ0n) is 9.22. The van der Waals surface area contributed by atoms with Crippen molar-refractivity contribution in [2.75, 3.05) is 17.7 Å². The molecule has 1 amide bonds. The molecule has 0 unspecified atom stereocenters. The van der Waals surface area contributed by atoms with Crippen LogP contribution in [0.4, 0.5) is 10.8 Å². The van der Waals surface area contributed by atoms with Crippen molar-refractivity contribution in [1.29, 1.82) is 0 Å². The van der Waals surface area contributed by atoms with Gasteiger partial charge in [0.2, 0.25) is 0 Å². The van der Waals surface area contributed by atoms with Gasteiger partial charge in [0.05, 0.1) is 9.98 Å². The monoisotopic (exact) mass is 327 g/mol. The van der Waals surface area contributed by atoms with E-state index in [1.54, 1.807) is 30.5 Å². The van der Waals surface area contributed by atoms with Crippen LogP contribution >= 0.6 is 27.3 Å². The molecule has 0 aliphatic rings. The lowest BCUT2D eigenvalue weighted by Crippen LogP contribution is -2.19. The minimum absolute atomic E-state index is 0.0683. The maximum Gasteiger partial charge on any atom is 0.264 e. The number of nitrogens with two attached hydrogens (primary N) is 1. The maximum absolute atomic E-state index is 11.6. The molecule has 1 aromatic heterocycles. The number of nitrogen functional groups attached to an aromatic ring is 1. The second kappa shape index (κ2) is 5.83. The van der Waals surface area contributed by atoms with Crippen molar-refractivity contribution in [3.05, 3.63) is 34.2 Å². The summed E-state index contributed by atoms with van der Waals surface area (Å²) in [5, 5.41) is 3.17. The molecule has 0 aliphatic heterocycles. The summed E-state index contributed by atoms with van der Waals surface area (Å²) in [6.07, 6.45) is 1.63. The van der Waals surface area contributed by atoms with E-state index in [2.05, 4.69) is 26.2 Å². The van der Waals surface area contributed by atoms with Gasteiger partial charge in [-0.2, -0.15) is 0 Å². The number of ether oxygens (including phenoxy) is 1. The van der Waals surface area contributed by atoms with Crippen molar-refractivity contribution >= 4 is 44.0 Å². The van der Waals surface area contributed by atoms with E-state index in [-0.39, 0.29) is 12.5 Å². The SMILES string of the molecule is Nc1ccc(OCC(=O)Nc2ncc(Br)s2)cc1. The Balaban J connectivity index is 1.83. The van der Waals surface area contributed by atoms with Gasteiger partial charge in [0, 0.05) is 5.69 Å². The molecule has 0 bridgehead atoms. The first-order chi connectivity index (χ1) is 8.63. The Kier molecular flexibility index (Phi) is 4.16. The normalized spacial score (nSPS) is 10.1. The largest absolute Gasteiger partial charge is 0.484 e. The van der Waals surface area contributed by atoms with E-state index in [1.807, 2.05) is 0 Å². The molecule has 18 heavy (non-hydrogen) atoms. The van der Waals surface area contributed by atoms with Crippen LogP contribution in [0.1, 0.15) is 0 Å². The number of amides is 1. The van der Waals surface area contributed by atoms with Crippen molar-refractivity contribution in [2.45, 2.75) is 0 Å². The van der Waals surface area contributed by atoms with Crippen LogP contribution in [0.15, 0.2) is 34.2 Å². The Bertz CT molecular complexity index is 541. The van der Waals surface area contributed by atoms with Crippen molar-refractivity contribution in [2.24, 2.45) is 0 Å². The third kappa shape index (κ3) is 3.71. The molecule has 1 aromatic carbocycles. The molecule has 0 saturated heterocycles. The van der Waals surface area contributed by atoms with Gasteiger partial charge >= 0.3 is 0 Å². The van der Waals surface area contributed by atoms with Gasteiger partial charge < -0.3 is 10.5 Å². The lowest BCUT2D eigenvalue weighted by molar-refractivity contribution is -0.118. The van der Waals surface area contributed by atoms with Crippen LogP contribution in [-0.4, -0.2) is 17.5 Å². The fourth-order valence-corrected chi connectivity index (χ4v) is 2.30. The summed E-state index contributed by atoms with van der Waals surface area (Å²) in [5.74, 6) is 0.341. The van der Waals surface area contributed by atoms with Crippen LogP contribution in [0.2, 0.25) is 0 Å². The number of hydrogen-bond donors (Lipinski definition) is 2. The molecule has 0 atom stereocenters. The van der Waals surface area contributed by atoms with Gasteiger partial charge in [0.25, 0.3) is 5.91 Å². The zero-order chi connectivity index (χ0) is 13.0. The van der Waals surface area contributed by atoms with Crippen LogP contribution < -0.4 is 15.8 Å². The highest BCUT2D eigenvalue weighted by Crippen LogP contribution is 2.23. The van der Waals surface area contributed by atoms with Gasteiger partial charge in [-0.25, -0.2) is 4.98 Å². The van der Waals surface area contributed by atoms with Gasteiger partial charge in [-0.1, -0.05) is 11.3 Å². The third-order valence-corrected chi connectivity index (χ3v) is 3.37. The summed E-state index contributed by atoms with van der Waals surface area (Å²) in [7, 11) is 0. The molecular formula is C11H10BrN3O2S. The lowest BCUT2D eigenvalue weighted by atomic mass is 10.3.